The second kappa shape index (κ2) is 42.2. The Morgan fingerprint density at radius 2 is 0.949 bits per heavy atom. The zero-order valence-corrected chi connectivity index (χ0v) is 39.2. The van der Waals surface area contributed by atoms with Crippen LogP contribution in [0.1, 0.15) is 219 Å². The zero-order chi connectivity index (χ0) is 43.5. The highest BCUT2D eigenvalue weighted by atomic mass is 16.6. The van der Waals surface area contributed by atoms with Gasteiger partial charge in [0.15, 0.2) is 12.1 Å². The van der Waals surface area contributed by atoms with E-state index in [1.54, 1.807) is 0 Å². The highest BCUT2D eigenvalue weighted by Crippen LogP contribution is 2.16. The van der Waals surface area contributed by atoms with Crippen LogP contribution >= 0.6 is 0 Å². The first kappa shape index (κ1) is 56.5. The molecule has 1 N–H and O–H groups in total. The molecule has 0 aromatic carbocycles. The molecule has 0 amide bonds. The van der Waals surface area contributed by atoms with Crippen molar-refractivity contribution in [1.82, 2.24) is 0 Å². The van der Waals surface area contributed by atoms with Gasteiger partial charge in [0.25, 0.3) is 0 Å². The molecule has 0 saturated heterocycles. The van der Waals surface area contributed by atoms with Crippen molar-refractivity contribution >= 4 is 17.9 Å². The van der Waals surface area contributed by atoms with Crippen LogP contribution in [-0.4, -0.2) is 80.6 Å². The Morgan fingerprint density at radius 1 is 0.525 bits per heavy atom. The zero-order valence-electron chi connectivity index (χ0n) is 39.2. The van der Waals surface area contributed by atoms with Crippen LogP contribution in [0.5, 0.6) is 0 Å². The predicted octanol–water partition coefficient (Wildman–Crippen LogP) is 13.8. The number of aliphatic carboxylic acids is 1. The number of carbonyl (C=O) groups excluding carboxylic acids is 2. The average Bonchev–Trinajstić information content (AvgIpc) is 3.19. The van der Waals surface area contributed by atoms with Crippen molar-refractivity contribution in [2.45, 2.75) is 231 Å². The third-order valence-electron chi connectivity index (χ3n) is 11.1. The minimum Gasteiger partial charge on any atom is -0.477 e. The molecule has 0 aromatic heterocycles. The van der Waals surface area contributed by atoms with Crippen LogP contribution in [0.4, 0.5) is 0 Å². The van der Waals surface area contributed by atoms with E-state index < -0.39 is 18.1 Å². The van der Waals surface area contributed by atoms with Crippen LogP contribution in [0.25, 0.3) is 0 Å². The van der Waals surface area contributed by atoms with Crippen molar-refractivity contribution in [2.24, 2.45) is 0 Å². The number of esters is 2. The quantitative estimate of drug-likeness (QED) is 0.0282. The fourth-order valence-corrected chi connectivity index (χ4v) is 7.28. The molecule has 8 nitrogen and oxygen atoms in total. The van der Waals surface area contributed by atoms with Crippen LogP contribution in [-0.2, 0) is 28.6 Å². The van der Waals surface area contributed by atoms with E-state index in [9.17, 15) is 19.5 Å². The summed E-state index contributed by atoms with van der Waals surface area (Å²) in [7, 11) is 5.54. The van der Waals surface area contributed by atoms with Gasteiger partial charge in [-0.1, -0.05) is 192 Å². The van der Waals surface area contributed by atoms with Crippen molar-refractivity contribution < 1.29 is 38.2 Å². The minimum atomic E-state index is -0.873. The number of allylic oxidation sites excluding steroid dienone is 6. The number of carbonyl (C=O) groups is 3. The second-order valence-electron chi connectivity index (χ2n) is 17.7. The van der Waals surface area contributed by atoms with Crippen molar-refractivity contribution in [3.05, 3.63) is 36.5 Å². The van der Waals surface area contributed by atoms with E-state index in [0.29, 0.717) is 19.3 Å². The molecular formula is C51H94NO7+. The Morgan fingerprint density at radius 3 is 1.41 bits per heavy atom. The molecule has 0 aliphatic carbocycles. The molecule has 0 heterocycles. The van der Waals surface area contributed by atoms with Gasteiger partial charge < -0.3 is 23.8 Å². The van der Waals surface area contributed by atoms with Gasteiger partial charge in [0.2, 0.25) is 0 Å². The summed E-state index contributed by atoms with van der Waals surface area (Å²) in [5, 5.41) is 9.64. The van der Waals surface area contributed by atoms with Gasteiger partial charge in [-0.05, 0) is 44.9 Å². The van der Waals surface area contributed by atoms with E-state index in [2.05, 4.69) is 50.3 Å². The number of rotatable bonds is 44. The summed E-state index contributed by atoms with van der Waals surface area (Å²) in [6.45, 7) is 4.65. The Balaban J connectivity index is 4.23. The minimum absolute atomic E-state index is 0.0483. The standard InChI is InChI=1S/C51H93NO7/c1-6-8-10-12-14-16-18-20-22-23-24-25-26-27-28-30-32-34-36-38-40-42-50(54)59-47(45-57-44-43-48(51(55)56)52(3,4)5)46-58-49(53)41-39-37-35-33-31-29-21-19-17-15-13-11-9-7-2/h8,10,14,16,20,22,47-48H,6-7,9,11-13,15,17-19,21,23-46H2,1-5H3/p+1/b10-8+,16-14+,22-20+. The molecule has 344 valence electrons. The first-order chi connectivity index (χ1) is 28.6. The van der Waals surface area contributed by atoms with E-state index in [1.165, 1.54) is 128 Å². The lowest BCUT2D eigenvalue weighted by Gasteiger charge is -2.31. The molecule has 0 aliphatic heterocycles. The maximum absolute atomic E-state index is 12.8. The maximum Gasteiger partial charge on any atom is 0.362 e. The smallest absolute Gasteiger partial charge is 0.362 e. The fourth-order valence-electron chi connectivity index (χ4n) is 7.28. The largest absolute Gasteiger partial charge is 0.477 e. The molecule has 0 rings (SSSR count). The van der Waals surface area contributed by atoms with E-state index in [0.717, 1.165) is 57.8 Å². The third-order valence-corrected chi connectivity index (χ3v) is 11.1. The molecule has 2 unspecified atom stereocenters. The molecule has 2 atom stereocenters. The van der Waals surface area contributed by atoms with Crippen LogP contribution < -0.4 is 0 Å². The number of ether oxygens (including phenoxy) is 3. The average molecular weight is 833 g/mol. The molecule has 0 aliphatic rings. The lowest BCUT2D eigenvalue weighted by atomic mass is 10.0. The molecule has 8 heteroatoms. The van der Waals surface area contributed by atoms with Crippen molar-refractivity contribution in [3.63, 3.8) is 0 Å². The predicted molar refractivity (Wildman–Crippen MR) is 248 cm³/mol. The number of nitrogens with zero attached hydrogens (tertiary/aromatic N) is 1. The van der Waals surface area contributed by atoms with Crippen LogP contribution in [0.3, 0.4) is 0 Å². The van der Waals surface area contributed by atoms with Gasteiger partial charge in [-0.3, -0.25) is 9.59 Å². The molecule has 0 spiro atoms. The number of carboxylic acid groups (broad SMARTS) is 1. The molecule has 0 radical (unpaired) electrons. The third kappa shape index (κ3) is 40.7. The summed E-state index contributed by atoms with van der Waals surface area (Å²) in [5.41, 5.74) is 0. The number of quaternary nitrogens is 1. The normalized spacial score (nSPS) is 13.2. The van der Waals surface area contributed by atoms with Gasteiger partial charge in [-0.2, -0.15) is 0 Å². The lowest BCUT2D eigenvalue weighted by molar-refractivity contribution is -0.887. The van der Waals surface area contributed by atoms with Crippen LogP contribution in [0, 0.1) is 0 Å². The first-order valence-corrected chi connectivity index (χ1v) is 24.5. The SMILES string of the molecule is CC/C=C/C/C=C/C/C=C/CCCCCCCCCCCCCC(=O)OC(COCCC(C(=O)O)[N+](C)(C)C)COC(=O)CCCCCCCCCCCCCCCC. The Bertz CT molecular complexity index is 1060. The van der Waals surface area contributed by atoms with E-state index in [1.807, 2.05) is 21.1 Å². The van der Waals surface area contributed by atoms with Gasteiger partial charge in [-0.25, -0.2) is 4.79 Å². The Labute approximate surface area is 364 Å². The monoisotopic (exact) mass is 833 g/mol. The number of hydrogen-bond donors (Lipinski definition) is 1. The first-order valence-electron chi connectivity index (χ1n) is 24.5. The van der Waals surface area contributed by atoms with E-state index >= 15 is 0 Å². The van der Waals surface area contributed by atoms with Crippen molar-refractivity contribution in [1.29, 1.82) is 0 Å². The number of unbranched alkanes of at least 4 members (excludes halogenated alkanes) is 24. The van der Waals surface area contributed by atoms with Gasteiger partial charge in [-0.15, -0.1) is 0 Å². The van der Waals surface area contributed by atoms with E-state index in [-0.39, 0.29) is 36.2 Å². The van der Waals surface area contributed by atoms with Crippen molar-refractivity contribution in [3.8, 4) is 0 Å². The maximum atomic E-state index is 12.8. The summed E-state index contributed by atoms with van der Waals surface area (Å²) >= 11 is 0. The molecule has 0 aromatic rings. The summed E-state index contributed by atoms with van der Waals surface area (Å²) in [4.78, 5) is 37.1. The van der Waals surface area contributed by atoms with Crippen LogP contribution in [0.2, 0.25) is 0 Å². The fraction of sp³-hybridized carbons (Fsp3) is 0.824. The number of carboxylic acids is 1. The number of hydrogen-bond acceptors (Lipinski definition) is 6. The second-order valence-corrected chi connectivity index (χ2v) is 17.7. The molecule has 0 fully saturated rings. The Kier molecular flexibility index (Phi) is 40.5. The number of likely N-dealkylation sites (N-methyl/N-ethyl adjacent to an activating group) is 1. The van der Waals surface area contributed by atoms with Gasteiger partial charge in [0.05, 0.1) is 34.4 Å². The summed E-state index contributed by atoms with van der Waals surface area (Å²) < 4.78 is 17.3. The molecule has 59 heavy (non-hydrogen) atoms. The highest BCUT2D eigenvalue weighted by molar-refractivity contribution is 5.72. The summed E-state index contributed by atoms with van der Waals surface area (Å²) in [6, 6.07) is -0.613. The van der Waals surface area contributed by atoms with Gasteiger partial charge in [0.1, 0.15) is 6.61 Å². The summed E-state index contributed by atoms with van der Waals surface area (Å²) in [6.07, 6.45) is 49.0. The van der Waals surface area contributed by atoms with Crippen LogP contribution in [0.15, 0.2) is 36.5 Å². The molecular weight excluding hydrogens is 739 g/mol. The summed E-state index contributed by atoms with van der Waals surface area (Å²) in [5.74, 6) is -1.46. The van der Waals surface area contributed by atoms with Crippen molar-refractivity contribution in [2.75, 3.05) is 41.0 Å². The Hall–Kier alpha value is -2.45. The lowest BCUT2D eigenvalue weighted by Crippen LogP contribution is -2.50. The highest BCUT2D eigenvalue weighted by Gasteiger charge is 2.31. The van der Waals surface area contributed by atoms with E-state index in [4.69, 9.17) is 14.2 Å². The van der Waals surface area contributed by atoms with Gasteiger partial charge in [0, 0.05) is 19.3 Å². The van der Waals surface area contributed by atoms with Gasteiger partial charge >= 0.3 is 17.9 Å². The molecule has 0 saturated carbocycles. The topological polar surface area (TPSA) is 99.1 Å². The molecule has 0 bridgehead atoms.